The van der Waals surface area contributed by atoms with Gasteiger partial charge >= 0.3 is 0 Å². The standard InChI is InChI=1S/C18H23N/c1-5-18(3,4)16-9-6-14(7-10-16)15-8-11-17(19)13(2)12-15/h6-12H,5,19H2,1-4H3. The van der Waals surface area contributed by atoms with Gasteiger partial charge in [-0.1, -0.05) is 51.1 Å². The van der Waals surface area contributed by atoms with Gasteiger partial charge in [0.1, 0.15) is 0 Å². The zero-order valence-electron chi connectivity index (χ0n) is 12.3. The third-order valence-electron chi connectivity index (χ3n) is 4.15. The second-order valence-electron chi connectivity index (χ2n) is 5.89. The molecule has 0 amide bonds. The van der Waals surface area contributed by atoms with Crippen LogP contribution < -0.4 is 5.73 Å². The highest BCUT2D eigenvalue weighted by atomic mass is 14.5. The van der Waals surface area contributed by atoms with E-state index in [1.165, 1.54) is 16.7 Å². The molecule has 0 bridgehead atoms. The number of aryl methyl sites for hydroxylation is 1. The van der Waals surface area contributed by atoms with Gasteiger partial charge in [0.15, 0.2) is 0 Å². The molecule has 2 rings (SSSR count). The molecule has 0 aliphatic carbocycles. The highest BCUT2D eigenvalue weighted by molar-refractivity contribution is 5.68. The maximum atomic E-state index is 5.87. The molecule has 0 fully saturated rings. The van der Waals surface area contributed by atoms with Crippen molar-refractivity contribution in [2.24, 2.45) is 0 Å². The van der Waals surface area contributed by atoms with Gasteiger partial charge in [-0.2, -0.15) is 0 Å². The van der Waals surface area contributed by atoms with Crippen molar-refractivity contribution in [1.29, 1.82) is 0 Å². The smallest absolute Gasteiger partial charge is 0.0344 e. The van der Waals surface area contributed by atoms with Crippen molar-refractivity contribution in [3.8, 4) is 11.1 Å². The third-order valence-corrected chi connectivity index (χ3v) is 4.15. The fourth-order valence-electron chi connectivity index (χ4n) is 2.17. The van der Waals surface area contributed by atoms with Gasteiger partial charge in [-0.25, -0.2) is 0 Å². The van der Waals surface area contributed by atoms with Crippen molar-refractivity contribution in [2.75, 3.05) is 5.73 Å². The van der Waals surface area contributed by atoms with E-state index in [1.807, 2.05) is 13.0 Å². The Morgan fingerprint density at radius 3 is 2.05 bits per heavy atom. The first-order valence-corrected chi connectivity index (χ1v) is 6.91. The molecule has 2 N–H and O–H groups in total. The van der Waals surface area contributed by atoms with E-state index < -0.39 is 0 Å². The van der Waals surface area contributed by atoms with Crippen LogP contribution in [0, 0.1) is 6.92 Å². The van der Waals surface area contributed by atoms with Gasteiger partial charge in [-0.3, -0.25) is 0 Å². The lowest BCUT2D eigenvalue weighted by Crippen LogP contribution is -2.14. The number of anilines is 1. The Balaban J connectivity index is 2.35. The van der Waals surface area contributed by atoms with Crippen molar-refractivity contribution >= 4 is 5.69 Å². The van der Waals surface area contributed by atoms with E-state index in [-0.39, 0.29) is 5.41 Å². The molecule has 0 heterocycles. The Morgan fingerprint density at radius 2 is 1.53 bits per heavy atom. The summed E-state index contributed by atoms with van der Waals surface area (Å²) in [7, 11) is 0. The molecule has 0 aromatic heterocycles. The first kappa shape index (κ1) is 13.7. The molecule has 2 aromatic carbocycles. The molecular weight excluding hydrogens is 230 g/mol. The van der Waals surface area contributed by atoms with Crippen molar-refractivity contribution in [2.45, 2.75) is 39.5 Å². The Hall–Kier alpha value is -1.76. The summed E-state index contributed by atoms with van der Waals surface area (Å²) < 4.78 is 0. The summed E-state index contributed by atoms with van der Waals surface area (Å²) in [6.07, 6.45) is 1.15. The first-order valence-electron chi connectivity index (χ1n) is 6.91. The van der Waals surface area contributed by atoms with Crippen LogP contribution in [0.5, 0.6) is 0 Å². The van der Waals surface area contributed by atoms with E-state index in [0.29, 0.717) is 0 Å². The van der Waals surface area contributed by atoms with E-state index >= 15 is 0 Å². The van der Waals surface area contributed by atoms with Gasteiger partial charge in [0.05, 0.1) is 0 Å². The Morgan fingerprint density at radius 1 is 0.947 bits per heavy atom. The molecule has 0 unspecified atom stereocenters. The zero-order chi connectivity index (χ0) is 14.0. The molecule has 0 aliphatic heterocycles. The fraction of sp³-hybridized carbons (Fsp3) is 0.333. The number of benzene rings is 2. The molecule has 0 aliphatic rings. The van der Waals surface area contributed by atoms with Crippen LogP contribution in [0.2, 0.25) is 0 Å². The van der Waals surface area contributed by atoms with Crippen molar-refractivity contribution in [1.82, 2.24) is 0 Å². The molecule has 2 aromatic rings. The minimum absolute atomic E-state index is 0.246. The second-order valence-corrected chi connectivity index (χ2v) is 5.89. The molecule has 19 heavy (non-hydrogen) atoms. The Labute approximate surface area is 116 Å². The van der Waals surface area contributed by atoms with Crippen molar-refractivity contribution in [3.05, 3.63) is 53.6 Å². The summed E-state index contributed by atoms with van der Waals surface area (Å²) in [6, 6.07) is 15.1. The van der Waals surface area contributed by atoms with Crippen LogP contribution in [-0.4, -0.2) is 0 Å². The van der Waals surface area contributed by atoms with E-state index in [0.717, 1.165) is 17.7 Å². The summed E-state index contributed by atoms with van der Waals surface area (Å²) in [5.74, 6) is 0. The molecule has 0 spiro atoms. The monoisotopic (exact) mass is 253 g/mol. The molecule has 1 nitrogen and oxygen atoms in total. The van der Waals surface area contributed by atoms with Crippen LogP contribution in [-0.2, 0) is 5.41 Å². The average molecular weight is 253 g/mol. The number of nitrogen functional groups attached to an aromatic ring is 1. The lowest BCUT2D eigenvalue weighted by molar-refractivity contribution is 0.506. The van der Waals surface area contributed by atoms with Crippen LogP contribution in [0.15, 0.2) is 42.5 Å². The van der Waals surface area contributed by atoms with Crippen LogP contribution >= 0.6 is 0 Å². The maximum absolute atomic E-state index is 5.87. The van der Waals surface area contributed by atoms with Crippen molar-refractivity contribution in [3.63, 3.8) is 0 Å². The third kappa shape index (κ3) is 2.81. The van der Waals surface area contributed by atoms with Crippen LogP contribution in [0.4, 0.5) is 5.69 Å². The summed E-state index contributed by atoms with van der Waals surface area (Å²) in [4.78, 5) is 0. The lowest BCUT2D eigenvalue weighted by Gasteiger charge is -2.23. The largest absolute Gasteiger partial charge is 0.399 e. The minimum atomic E-state index is 0.246. The molecule has 1 heteroatoms. The number of nitrogens with two attached hydrogens (primary N) is 1. The normalized spacial score (nSPS) is 11.6. The predicted octanol–water partition coefficient (Wildman–Crippen LogP) is 4.93. The van der Waals surface area contributed by atoms with Gasteiger partial charge in [-0.15, -0.1) is 0 Å². The van der Waals surface area contributed by atoms with Gasteiger partial charge in [-0.05, 0) is 53.1 Å². The average Bonchev–Trinajstić information content (AvgIpc) is 2.42. The Kier molecular flexibility index (Phi) is 3.66. The van der Waals surface area contributed by atoms with Gasteiger partial charge < -0.3 is 5.73 Å². The summed E-state index contributed by atoms with van der Waals surface area (Å²) in [6.45, 7) is 8.86. The van der Waals surface area contributed by atoms with Crippen LogP contribution in [0.25, 0.3) is 11.1 Å². The van der Waals surface area contributed by atoms with E-state index in [9.17, 15) is 0 Å². The number of hydrogen-bond acceptors (Lipinski definition) is 1. The highest BCUT2D eigenvalue weighted by Crippen LogP contribution is 2.29. The topological polar surface area (TPSA) is 26.0 Å². The van der Waals surface area contributed by atoms with Gasteiger partial charge in [0.25, 0.3) is 0 Å². The summed E-state index contributed by atoms with van der Waals surface area (Å²) >= 11 is 0. The van der Waals surface area contributed by atoms with E-state index in [4.69, 9.17) is 5.73 Å². The molecular formula is C18H23N. The second kappa shape index (κ2) is 5.08. The number of hydrogen-bond donors (Lipinski definition) is 1. The molecule has 0 radical (unpaired) electrons. The molecule has 0 saturated heterocycles. The minimum Gasteiger partial charge on any atom is -0.399 e. The predicted molar refractivity (Wildman–Crippen MR) is 84.3 cm³/mol. The molecule has 100 valence electrons. The summed E-state index contributed by atoms with van der Waals surface area (Å²) in [5.41, 5.74) is 12.0. The summed E-state index contributed by atoms with van der Waals surface area (Å²) in [5, 5.41) is 0. The van der Waals surface area contributed by atoms with Crippen LogP contribution in [0.3, 0.4) is 0 Å². The highest BCUT2D eigenvalue weighted by Gasteiger charge is 2.17. The van der Waals surface area contributed by atoms with Crippen molar-refractivity contribution < 1.29 is 0 Å². The van der Waals surface area contributed by atoms with E-state index in [1.54, 1.807) is 0 Å². The Bertz CT molecular complexity index is 565. The first-order chi connectivity index (χ1) is 8.94. The SMILES string of the molecule is CCC(C)(C)c1ccc(-c2ccc(N)c(C)c2)cc1. The lowest BCUT2D eigenvalue weighted by atomic mass is 9.82. The van der Waals surface area contributed by atoms with E-state index in [2.05, 4.69) is 57.2 Å². The fourth-order valence-corrected chi connectivity index (χ4v) is 2.17. The van der Waals surface area contributed by atoms with Gasteiger partial charge in [0.2, 0.25) is 0 Å². The number of rotatable bonds is 3. The van der Waals surface area contributed by atoms with Gasteiger partial charge in [0, 0.05) is 5.69 Å². The molecule has 0 saturated carbocycles. The molecule has 0 atom stereocenters. The van der Waals surface area contributed by atoms with Crippen LogP contribution in [0.1, 0.15) is 38.3 Å². The maximum Gasteiger partial charge on any atom is 0.0344 e. The quantitative estimate of drug-likeness (QED) is 0.771. The zero-order valence-corrected chi connectivity index (χ0v) is 12.3.